The topological polar surface area (TPSA) is 48.1 Å². The fourth-order valence-corrected chi connectivity index (χ4v) is 1.51. The van der Waals surface area contributed by atoms with Crippen LogP contribution < -0.4 is 10.5 Å². The van der Waals surface area contributed by atoms with Crippen molar-refractivity contribution in [1.82, 2.24) is 4.98 Å². The molecule has 0 aliphatic rings. The highest BCUT2D eigenvalue weighted by Crippen LogP contribution is 2.28. The predicted molar refractivity (Wildman–Crippen MR) is 65.1 cm³/mol. The zero-order valence-electron chi connectivity index (χ0n) is 8.81. The Morgan fingerprint density at radius 2 is 2.25 bits per heavy atom. The number of rotatable bonds is 3. The number of hydrogen-bond donors (Lipinski definition) is 1. The van der Waals surface area contributed by atoms with Crippen LogP contribution in [0.2, 0.25) is 0 Å². The lowest BCUT2D eigenvalue weighted by Crippen LogP contribution is -1.98. The molecule has 0 radical (unpaired) electrons. The second-order valence-corrected chi connectivity index (χ2v) is 3.36. The van der Waals surface area contributed by atoms with Crippen molar-refractivity contribution in [3.05, 3.63) is 30.5 Å². The van der Waals surface area contributed by atoms with Gasteiger partial charge < -0.3 is 10.5 Å². The summed E-state index contributed by atoms with van der Waals surface area (Å²) >= 11 is 0. The zero-order chi connectivity index (χ0) is 11.4. The highest BCUT2D eigenvalue weighted by atomic mass is 16.5. The number of pyridine rings is 1. The van der Waals surface area contributed by atoms with Gasteiger partial charge in [-0.3, -0.25) is 4.98 Å². The van der Waals surface area contributed by atoms with E-state index in [1.165, 1.54) is 0 Å². The summed E-state index contributed by atoms with van der Waals surface area (Å²) in [6.45, 7) is 0.504. The molecular formula is C13H12N2O. The summed E-state index contributed by atoms with van der Waals surface area (Å²) in [5.74, 6) is 3.30. The van der Waals surface area contributed by atoms with Gasteiger partial charge in [-0.05, 0) is 24.3 Å². The maximum absolute atomic E-state index is 5.83. The summed E-state index contributed by atoms with van der Waals surface area (Å²) in [4.78, 5) is 4.22. The quantitative estimate of drug-likeness (QED) is 0.482. The Kier molecular flexibility index (Phi) is 2.93. The van der Waals surface area contributed by atoms with Gasteiger partial charge >= 0.3 is 0 Å². The lowest BCUT2D eigenvalue weighted by Gasteiger charge is -2.08. The summed E-state index contributed by atoms with van der Waals surface area (Å²) in [6, 6.07) is 7.43. The second kappa shape index (κ2) is 4.54. The van der Waals surface area contributed by atoms with Crippen molar-refractivity contribution >= 4 is 16.6 Å². The molecule has 3 nitrogen and oxygen atoms in total. The second-order valence-electron chi connectivity index (χ2n) is 3.36. The molecule has 0 fully saturated rings. The maximum atomic E-state index is 5.83. The summed E-state index contributed by atoms with van der Waals surface area (Å²) in [6.07, 6.45) is 7.47. The molecule has 0 unspecified atom stereocenters. The van der Waals surface area contributed by atoms with Gasteiger partial charge in [-0.25, -0.2) is 0 Å². The van der Waals surface area contributed by atoms with Gasteiger partial charge in [-0.2, -0.15) is 0 Å². The lowest BCUT2D eigenvalue weighted by atomic mass is 10.2. The number of fused-ring (bicyclic) bond motifs is 1. The smallest absolute Gasteiger partial charge is 0.128 e. The van der Waals surface area contributed by atoms with Crippen LogP contribution in [0.1, 0.15) is 6.42 Å². The van der Waals surface area contributed by atoms with Crippen LogP contribution in [0.4, 0.5) is 5.69 Å². The van der Waals surface area contributed by atoms with E-state index in [-0.39, 0.29) is 0 Å². The molecule has 0 aliphatic carbocycles. The third-order valence-corrected chi connectivity index (χ3v) is 2.26. The van der Waals surface area contributed by atoms with Crippen molar-refractivity contribution in [3.63, 3.8) is 0 Å². The SMILES string of the molecule is C#CCCOc1ccc(N)c2ncccc12. The number of hydrogen-bond acceptors (Lipinski definition) is 3. The number of nitrogens with zero attached hydrogens (tertiary/aromatic N) is 1. The van der Waals surface area contributed by atoms with Crippen molar-refractivity contribution < 1.29 is 4.74 Å². The highest BCUT2D eigenvalue weighted by Gasteiger charge is 2.04. The van der Waals surface area contributed by atoms with Crippen molar-refractivity contribution in [1.29, 1.82) is 0 Å². The lowest BCUT2D eigenvalue weighted by molar-refractivity contribution is 0.331. The molecule has 80 valence electrons. The standard InChI is InChI=1S/C13H12N2O/c1-2-3-9-16-12-7-6-11(14)13-10(12)5-4-8-15-13/h1,4-8H,3,9,14H2. The number of anilines is 1. The number of nitrogen functional groups attached to an aromatic ring is 1. The molecule has 0 saturated heterocycles. The Labute approximate surface area is 94.2 Å². The average Bonchev–Trinajstić information content (AvgIpc) is 2.33. The fraction of sp³-hybridized carbons (Fsp3) is 0.154. The number of aromatic nitrogens is 1. The molecule has 0 spiro atoms. The first-order valence-corrected chi connectivity index (χ1v) is 5.02. The van der Waals surface area contributed by atoms with E-state index in [0.717, 1.165) is 16.7 Å². The molecule has 2 aromatic rings. The first kappa shape index (κ1) is 10.3. The van der Waals surface area contributed by atoms with E-state index in [1.54, 1.807) is 12.3 Å². The van der Waals surface area contributed by atoms with Crippen LogP contribution in [0, 0.1) is 12.3 Å². The van der Waals surface area contributed by atoms with Crippen LogP contribution in [0.15, 0.2) is 30.5 Å². The Morgan fingerprint density at radius 1 is 1.38 bits per heavy atom. The van der Waals surface area contributed by atoms with Crippen LogP contribution >= 0.6 is 0 Å². The van der Waals surface area contributed by atoms with E-state index in [0.29, 0.717) is 18.7 Å². The van der Waals surface area contributed by atoms with Crippen LogP contribution in [0.25, 0.3) is 10.9 Å². The number of terminal acetylenes is 1. The van der Waals surface area contributed by atoms with Gasteiger partial charge in [0.15, 0.2) is 0 Å². The summed E-state index contributed by atoms with van der Waals surface area (Å²) in [7, 11) is 0. The van der Waals surface area contributed by atoms with Gasteiger partial charge in [0.25, 0.3) is 0 Å². The molecule has 0 amide bonds. The van der Waals surface area contributed by atoms with Crippen molar-refractivity contribution in [2.45, 2.75) is 6.42 Å². The molecule has 1 aromatic heterocycles. The average molecular weight is 212 g/mol. The van der Waals surface area contributed by atoms with Crippen molar-refractivity contribution in [2.24, 2.45) is 0 Å². The summed E-state index contributed by atoms with van der Waals surface area (Å²) < 4.78 is 5.58. The molecule has 3 heteroatoms. The van der Waals surface area contributed by atoms with E-state index in [4.69, 9.17) is 16.9 Å². The van der Waals surface area contributed by atoms with E-state index < -0.39 is 0 Å². The summed E-state index contributed by atoms with van der Waals surface area (Å²) in [5, 5.41) is 0.916. The Balaban J connectivity index is 2.39. The van der Waals surface area contributed by atoms with Crippen molar-refractivity contribution in [2.75, 3.05) is 12.3 Å². The third kappa shape index (κ3) is 1.91. The molecule has 0 saturated carbocycles. The van der Waals surface area contributed by atoms with E-state index in [1.807, 2.05) is 18.2 Å². The highest BCUT2D eigenvalue weighted by molar-refractivity contribution is 5.93. The van der Waals surface area contributed by atoms with Gasteiger partial charge in [0, 0.05) is 18.0 Å². The Bertz CT molecular complexity index is 543. The van der Waals surface area contributed by atoms with Gasteiger partial charge in [0.1, 0.15) is 5.75 Å². The van der Waals surface area contributed by atoms with Crippen LogP contribution in [-0.2, 0) is 0 Å². The van der Waals surface area contributed by atoms with Crippen LogP contribution in [0.3, 0.4) is 0 Å². The van der Waals surface area contributed by atoms with Gasteiger partial charge in [0.2, 0.25) is 0 Å². The van der Waals surface area contributed by atoms with Crippen LogP contribution in [-0.4, -0.2) is 11.6 Å². The number of ether oxygens (including phenoxy) is 1. The molecule has 0 bridgehead atoms. The monoisotopic (exact) mass is 212 g/mol. The minimum atomic E-state index is 0.504. The van der Waals surface area contributed by atoms with E-state index in [9.17, 15) is 0 Å². The molecule has 16 heavy (non-hydrogen) atoms. The first-order chi connectivity index (χ1) is 7.83. The molecule has 1 heterocycles. The summed E-state index contributed by atoms with van der Waals surface area (Å²) in [5.41, 5.74) is 7.25. The maximum Gasteiger partial charge on any atom is 0.128 e. The van der Waals surface area contributed by atoms with Gasteiger partial charge in [-0.1, -0.05) is 0 Å². The van der Waals surface area contributed by atoms with E-state index >= 15 is 0 Å². The van der Waals surface area contributed by atoms with Gasteiger partial charge in [0.05, 0.1) is 17.8 Å². The molecule has 1 aromatic carbocycles. The Hall–Kier alpha value is -2.21. The first-order valence-electron chi connectivity index (χ1n) is 5.02. The molecule has 0 atom stereocenters. The minimum Gasteiger partial charge on any atom is -0.492 e. The zero-order valence-corrected chi connectivity index (χ0v) is 8.81. The normalized spacial score (nSPS) is 9.94. The van der Waals surface area contributed by atoms with Crippen LogP contribution in [0.5, 0.6) is 5.75 Å². The van der Waals surface area contributed by atoms with Crippen molar-refractivity contribution in [3.8, 4) is 18.1 Å². The fourth-order valence-electron chi connectivity index (χ4n) is 1.51. The molecule has 2 N–H and O–H groups in total. The third-order valence-electron chi connectivity index (χ3n) is 2.26. The van der Waals surface area contributed by atoms with E-state index in [2.05, 4.69) is 10.9 Å². The number of nitrogens with two attached hydrogens (primary N) is 1. The van der Waals surface area contributed by atoms with Gasteiger partial charge in [-0.15, -0.1) is 12.3 Å². The molecule has 2 rings (SSSR count). The largest absolute Gasteiger partial charge is 0.492 e. The molecule has 0 aliphatic heterocycles. The number of benzene rings is 1. The Morgan fingerprint density at radius 3 is 3.06 bits per heavy atom. The predicted octanol–water partition coefficient (Wildman–Crippen LogP) is 2.22. The molecular weight excluding hydrogens is 200 g/mol. The minimum absolute atomic E-state index is 0.504.